The van der Waals surface area contributed by atoms with Crippen molar-refractivity contribution in [1.29, 1.82) is 0 Å². The van der Waals surface area contributed by atoms with Crippen LogP contribution in [0.15, 0.2) is 57.0 Å². The number of benzene rings is 2. The number of carbonyl (C=O) groups excluding carboxylic acids is 1. The van der Waals surface area contributed by atoms with Crippen LogP contribution in [0.2, 0.25) is 10.0 Å². The van der Waals surface area contributed by atoms with Gasteiger partial charge in [0, 0.05) is 22.2 Å². The Morgan fingerprint density at radius 2 is 1.90 bits per heavy atom. The number of phenolic OH excluding ortho intramolecular Hbond substituents is 1. The molecule has 0 spiro atoms. The van der Waals surface area contributed by atoms with Crippen molar-refractivity contribution in [1.82, 2.24) is 10.6 Å². The molecule has 3 N–H and O–H groups in total. The highest BCUT2D eigenvalue weighted by atomic mass is 35.5. The van der Waals surface area contributed by atoms with Gasteiger partial charge in [0.25, 0.3) is 15.9 Å². The van der Waals surface area contributed by atoms with Gasteiger partial charge in [-0.2, -0.15) is 5.10 Å². The van der Waals surface area contributed by atoms with Gasteiger partial charge < -0.3 is 9.63 Å². The summed E-state index contributed by atoms with van der Waals surface area (Å²) in [5.41, 5.74) is 2.64. The van der Waals surface area contributed by atoms with Crippen molar-refractivity contribution in [3.05, 3.63) is 69.4 Å². The molecule has 2 aromatic carbocycles. The summed E-state index contributed by atoms with van der Waals surface area (Å²) in [5, 5.41) is 17.5. The minimum atomic E-state index is -3.89. The number of aryl methyl sites for hydroxylation is 1. The van der Waals surface area contributed by atoms with E-state index in [0.717, 1.165) is 0 Å². The molecule has 1 aromatic heterocycles. The van der Waals surface area contributed by atoms with Crippen LogP contribution in [0.3, 0.4) is 0 Å². The van der Waals surface area contributed by atoms with Crippen molar-refractivity contribution >= 4 is 51.2 Å². The van der Waals surface area contributed by atoms with Crippen molar-refractivity contribution in [3.8, 4) is 5.75 Å². The monoisotopic (exact) mass is 468 g/mol. The largest absolute Gasteiger partial charge is 0.506 e. The molecule has 0 atom stereocenters. The predicted octanol–water partition coefficient (Wildman–Crippen LogP) is 3.56. The van der Waals surface area contributed by atoms with Crippen LogP contribution in [0, 0.1) is 6.92 Å². The van der Waals surface area contributed by atoms with Gasteiger partial charge in [-0.15, -0.1) is 0 Å². The molecule has 0 aliphatic rings. The number of nitrogens with zero attached hydrogens (tertiary/aromatic N) is 2. The number of aromatic nitrogens is 1. The average Bonchev–Trinajstić information content (AvgIpc) is 3.09. The molecule has 0 aliphatic heterocycles. The van der Waals surface area contributed by atoms with Crippen LogP contribution < -0.4 is 10.1 Å². The summed E-state index contributed by atoms with van der Waals surface area (Å²) in [4.78, 5) is 12.1. The first-order valence-electron chi connectivity index (χ1n) is 8.23. The third kappa shape index (κ3) is 5.09. The molecule has 12 heteroatoms. The molecule has 0 fully saturated rings. The lowest BCUT2D eigenvalue weighted by molar-refractivity contribution is 0.0955. The van der Waals surface area contributed by atoms with E-state index in [2.05, 4.69) is 20.4 Å². The average molecular weight is 469 g/mol. The van der Waals surface area contributed by atoms with Gasteiger partial charge in [-0.1, -0.05) is 28.4 Å². The second-order valence-electron chi connectivity index (χ2n) is 5.98. The Hall–Kier alpha value is -3.08. The number of halogens is 2. The Labute approximate surface area is 181 Å². The first-order chi connectivity index (χ1) is 14.2. The molecule has 3 aromatic rings. The molecule has 0 bridgehead atoms. The van der Waals surface area contributed by atoms with Crippen LogP contribution in [0.5, 0.6) is 5.75 Å². The van der Waals surface area contributed by atoms with E-state index in [1.807, 2.05) is 0 Å². The van der Waals surface area contributed by atoms with Gasteiger partial charge in [-0.25, -0.2) is 13.8 Å². The fourth-order valence-electron chi connectivity index (χ4n) is 2.31. The molecule has 1 heterocycles. The normalized spacial score (nSPS) is 11.6. The number of sulfonamides is 1. The summed E-state index contributed by atoms with van der Waals surface area (Å²) in [6.45, 7) is 1.63. The molecule has 9 nitrogen and oxygen atoms in total. The SMILES string of the molecule is Cc1cc(NS(=O)(=O)c2ccc(C(=O)N/N=C/c3cc(Cl)cc(Cl)c3O)cc2)no1. The molecule has 0 saturated carbocycles. The van der Waals surface area contributed by atoms with Crippen molar-refractivity contribution in [2.24, 2.45) is 5.10 Å². The number of hydrogen-bond donors (Lipinski definition) is 3. The summed E-state index contributed by atoms with van der Waals surface area (Å²) in [5.74, 6) is -0.326. The molecule has 0 saturated heterocycles. The predicted molar refractivity (Wildman–Crippen MR) is 112 cm³/mol. The zero-order chi connectivity index (χ0) is 21.9. The minimum absolute atomic E-state index is 0.0430. The second-order valence-corrected chi connectivity index (χ2v) is 8.50. The van der Waals surface area contributed by atoms with E-state index < -0.39 is 15.9 Å². The van der Waals surface area contributed by atoms with Crippen molar-refractivity contribution < 1.29 is 22.8 Å². The first-order valence-corrected chi connectivity index (χ1v) is 10.5. The third-order valence-electron chi connectivity index (χ3n) is 3.72. The fraction of sp³-hybridized carbons (Fsp3) is 0.0556. The lowest BCUT2D eigenvalue weighted by Crippen LogP contribution is -2.18. The van der Waals surface area contributed by atoms with Gasteiger partial charge in [0.05, 0.1) is 16.1 Å². The highest BCUT2D eigenvalue weighted by Crippen LogP contribution is 2.29. The topological polar surface area (TPSA) is 134 Å². The molecule has 1 amide bonds. The quantitative estimate of drug-likeness (QED) is 0.373. The summed E-state index contributed by atoms with van der Waals surface area (Å²) in [6, 6.07) is 9.38. The molecule has 0 radical (unpaired) electrons. The number of nitrogens with one attached hydrogen (secondary N) is 2. The van der Waals surface area contributed by atoms with Gasteiger partial charge in [0.2, 0.25) is 0 Å². The Bertz CT molecular complexity index is 1220. The second kappa shape index (κ2) is 8.74. The molecule has 30 heavy (non-hydrogen) atoms. The van der Waals surface area contributed by atoms with E-state index in [0.29, 0.717) is 5.76 Å². The van der Waals surface area contributed by atoms with Gasteiger partial charge in [-0.05, 0) is 43.3 Å². The molecular formula is C18H14Cl2N4O5S. The number of carbonyl (C=O) groups is 1. The Morgan fingerprint density at radius 3 is 2.53 bits per heavy atom. The lowest BCUT2D eigenvalue weighted by Gasteiger charge is -2.06. The third-order valence-corrected chi connectivity index (χ3v) is 5.60. The van der Waals surface area contributed by atoms with E-state index in [4.69, 9.17) is 27.7 Å². The summed E-state index contributed by atoms with van der Waals surface area (Å²) in [7, 11) is -3.89. The molecule has 156 valence electrons. The number of aromatic hydroxyl groups is 1. The Balaban J connectivity index is 1.68. The zero-order valence-corrected chi connectivity index (χ0v) is 17.6. The van der Waals surface area contributed by atoms with E-state index >= 15 is 0 Å². The van der Waals surface area contributed by atoms with E-state index in [1.54, 1.807) is 6.92 Å². The van der Waals surface area contributed by atoms with Crippen molar-refractivity contribution in [2.75, 3.05) is 4.72 Å². The molecule has 0 unspecified atom stereocenters. The Morgan fingerprint density at radius 1 is 1.20 bits per heavy atom. The zero-order valence-electron chi connectivity index (χ0n) is 15.3. The van der Waals surface area contributed by atoms with E-state index in [-0.39, 0.29) is 37.6 Å². The van der Waals surface area contributed by atoms with E-state index in [9.17, 15) is 18.3 Å². The van der Waals surface area contributed by atoms with Gasteiger partial charge >= 0.3 is 0 Å². The van der Waals surface area contributed by atoms with Crippen LogP contribution in [0.1, 0.15) is 21.7 Å². The summed E-state index contributed by atoms with van der Waals surface area (Å²) < 4.78 is 31.8. The Kier molecular flexibility index (Phi) is 6.30. The van der Waals surface area contributed by atoms with Gasteiger partial charge in [0.15, 0.2) is 5.82 Å². The smallest absolute Gasteiger partial charge is 0.271 e. The van der Waals surface area contributed by atoms with Crippen molar-refractivity contribution in [3.63, 3.8) is 0 Å². The summed E-state index contributed by atoms with van der Waals surface area (Å²) >= 11 is 11.7. The number of amides is 1. The first kappa shape index (κ1) is 21.6. The van der Waals surface area contributed by atoms with E-state index in [1.165, 1.54) is 48.7 Å². The highest BCUT2D eigenvalue weighted by Gasteiger charge is 2.17. The number of hydrogen-bond acceptors (Lipinski definition) is 7. The number of rotatable bonds is 6. The molecule has 0 aliphatic carbocycles. The van der Waals surface area contributed by atoms with Gasteiger partial charge in [-0.3, -0.25) is 9.52 Å². The lowest BCUT2D eigenvalue weighted by atomic mass is 10.2. The van der Waals surface area contributed by atoms with Crippen LogP contribution in [-0.4, -0.2) is 30.8 Å². The maximum atomic E-state index is 12.3. The maximum absolute atomic E-state index is 12.3. The molecule has 3 rings (SSSR count). The van der Waals surface area contributed by atoms with Gasteiger partial charge in [0.1, 0.15) is 11.5 Å². The number of anilines is 1. The number of phenols is 1. The minimum Gasteiger partial charge on any atom is -0.506 e. The number of hydrazone groups is 1. The highest BCUT2D eigenvalue weighted by molar-refractivity contribution is 7.92. The van der Waals surface area contributed by atoms with Crippen LogP contribution in [0.4, 0.5) is 5.82 Å². The standard InChI is InChI=1S/C18H14Cl2N4O5S/c1-10-6-16(23-29-10)24-30(27,28)14-4-2-11(3-5-14)18(26)22-21-9-12-7-13(19)8-15(20)17(12)25/h2-9,25H,1H3,(H,22,26)(H,23,24)/b21-9+. The molecular weight excluding hydrogens is 455 g/mol. The summed E-state index contributed by atoms with van der Waals surface area (Å²) in [6.07, 6.45) is 1.17. The van der Waals surface area contributed by atoms with Crippen LogP contribution >= 0.6 is 23.2 Å². The van der Waals surface area contributed by atoms with Crippen molar-refractivity contribution in [2.45, 2.75) is 11.8 Å². The van der Waals surface area contributed by atoms with Crippen LogP contribution in [0.25, 0.3) is 0 Å². The maximum Gasteiger partial charge on any atom is 0.271 e. The van der Waals surface area contributed by atoms with Crippen LogP contribution in [-0.2, 0) is 10.0 Å². The fourth-order valence-corrected chi connectivity index (χ4v) is 3.80.